The van der Waals surface area contributed by atoms with Gasteiger partial charge < -0.3 is 4.57 Å². The highest BCUT2D eigenvalue weighted by molar-refractivity contribution is 7.99. The average Bonchev–Trinajstić information content (AvgIpc) is 2.85. The zero-order valence-corrected chi connectivity index (χ0v) is 14.6. The van der Waals surface area contributed by atoms with Gasteiger partial charge in [0, 0.05) is 5.02 Å². The molecule has 0 fully saturated rings. The number of aromatic nitrogens is 2. The summed E-state index contributed by atoms with van der Waals surface area (Å²) in [6.07, 6.45) is 0. The lowest BCUT2D eigenvalue weighted by Crippen LogP contribution is -2.02. The summed E-state index contributed by atoms with van der Waals surface area (Å²) >= 11 is 7.77. The third kappa shape index (κ3) is 3.21. The number of halogens is 1. The molecule has 116 valence electrons. The minimum absolute atomic E-state index is 0.379. The summed E-state index contributed by atoms with van der Waals surface area (Å²) in [5.74, 6) is 0.379. The van der Waals surface area contributed by atoms with Gasteiger partial charge in [-0.15, -0.1) is 0 Å². The number of hydrogen-bond acceptors (Lipinski definition) is 3. The maximum Gasteiger partial charge on any atom is 0.170 e. The number of aryl methyl sites for hydroxylation is 2. The van der Waals surface area contributed by atoms with Crippen LogP contribution in [0, 0.1) is 25.2 Å². The number of nitriles is 1. The van der Waals surface area contributed by atoms with Gasteiger partial charge in [0.25, 0.3) is 0 Å². The van der Waals surface area contributed by atoms with E-state index in [4.69, 9.17) is 21.8 Å². The standard InChI is InChI=1S/C18H16ClN3S/c1-12-9-16-17(10-13(12)2)22(18(21-16)23-8-7-20)11-14-5-3-4-6-15(14)19/h3-6,9-10H,8,11H2,1-2H3. The van der Waals surface area contributed by atoms with E-state index < -0.39 is 0 Å². The number of thioether (sulfide) groups is 1. The van der Waals surface area contributed by atoms with Gasteiger partial charge in [0.15, 0.2) is 5.16 Å². The van der Waals surface area contributed by atoms with Crippen LogP contribution >= 0.6 is 23.4 Å². The quantitative estimate of drug-likeness (QED) is 0.629. The molecular weight excluding hydrogens is 326 g/mol. The molecular formula is C18H16ClN3S. The number of hydrogen-bond donors (Lipinski definition) is 0. The fourth-order valence-electron chi connectivity index (χ4n) is 2.51. The van der Waals surface area contributed by atoms with Crippen LogP contribution < -0.4 is 0 Å². The maximum atomic E-state index is 8.89. The van der Waals surface area contributed by atoms with Crippen LogP contribution in [0.25, 0.3) is 11.0 Å². The van der Waals surface area contributed by atoms with Gasteiger partial charge in [-0.1, -0.05) is 41.6 Å². The Hall–Kier alpha value is -1.96. The lowest BCUT2D eigenvalue weighted by molar-refractivity contribution is 0.731. The van der Waals surface area contributed by atoms with E-state index in [9.17, 15) is 0 Å². The molecule has 1 heterocycles. The maximum absolute atomic E-state index is 8.89. The summed E-state index contributed by atoms with van der Waals surface area (Å²) in [6, 6.07) is 14.3. The Labute approximate surface area is 144 Å². The molecule has 0 saturated carbocycles. The van der Waals surface area contributed by atoms with Gasteiger partial charge in [-0.2, -0.15) is 5.26 Å². The summed E-state index contributed by atoms with van der Waals surface area (Å²) in [6.45, 7) is 4.83. The molecule has 23 heavy (non-hydrogen) atoms. The largest absolute Gasteiger partial charge is 0.314 e. The van der Waals surface area contributed by atoms with Gasteiger partial charge in [-0.3, -0.25) is 0 Å². The number of rotatable bonds is 4. The Balaban J connectivity index is 2.13. The third-order valence-corrected chi connectivity index (χ3v) is 5.09. The van der Waals surface area contributed by atoms with E-state index in [1.807, 2.05) is 24.3 Å². The molecule has 3 rings (SSSR count). The van der Waals surface area contributed by atoms with Crippen LogP contribution in [0.1, 0.15) is 16.7 Å². The van der Waals surface area contributed by atoms with Crippen molar-refractivity contribution in [2.24, 2.45) is 0 Å². The molecule has 0 N–H and O–H groups in total. The highest BCUT2D eigenvalue weighted by Crippen LogP contribution is 2.28. The topological polar surface area (TPSA) is 41.6 Å². The zero-order chi connectivity index (χ0) is 16.4. The fourth-order valence-corrected chi connectivity index (χ4v) is 3.39. The normalized spacial score (nSPS) is 10.9. The molecule has 5 heteroatoms. The van der Waals surface area contributed by atoms with Gasteiger partial charge >= 0.3 is 0 Å². The first-order chi connectivity index (χ1) is 11.1. The molecule has 0 aliphatic carbocycles. The smallest absolute Gasteiger partial charge is 0.170 e. The summed E-state index contributed by atoms with van der Waals surface area (Å²) < 4.78 is 2.14. The molecule has 0 aliphatic heterocycles. The Bertz CT molecular complexity index is 909. The van der Waals surface area contributed by atoms with Gasteiger partial charge in [-0.25, -0.2) is 4.98 Å². The summed E-state index contributed by atoms with van der Waals surface area (Å²) in [4.78, 5) is 4.71. The molecule has 2 aromatic carbocycles. The first kappa shape index (κ1) is 15.9. The summed E-state index contributed by atoms with van der Waals surface area (Å²) in [5.41, 5.74) is 5.53. The van der Waals surface area contributed by atoms with Crippen LogP contribution in [0.5, 0.6) is 0 Å². The van der Waals surface area contributed by atoms with E-state index in [0.29, 0.717) is 12.3 Å². The average molecular weight is 342 g/mol. The monoisotopic (exact) mass is 341 g/mol. The second kappa shape index (κ2) is 6.66. The van der Waals surface area contributed by atoms with Gasteiger partial charge in [-0.05, 0) is 48.7 Å². The molecule has 0 unspecified atom stereocenters. The Morgan fingerprint density at radius 3 is 2.70 bits per heavy atom. The first-order valence-electron chi connectivity index (χ1n) is 7.31. The third-order valence-electron chi connectivity index (χ3n) is 3.88. The number of imidazole rings is 1. The van der Waals surface area contributed by atoms with Gasteiger partial charge in [0.1, 0.15) is 0 Å². The van der Waals surface area contributed by atoms with Crippen molar-refractivity contribution in [1.82, 2.24) is 9.55 Å². The highest BCUT2D eigenvalue weighted by Gasteiger charge is 2.14. The van der Waals surface area contributed by atoms with Crippen molar-refractivity contribution in [1.29, 1.82) is 5.26 Å². The van der Waals surface area contributed by atoms with Crippen molar-refractivity contribution in [2.45, 2.75) is 25.5 Å². The van der Waals surface area contributed by atoms with Crippen molar-refractivity contribution in [3.05, 3.63) is 58.1 Å². The number of benzene rings is 2. The predicted octanol–water partition coefficient (Wildman–Crippen LogP) is 4.97. The van der Waals surface area contributed by atoms with Crippen LogP contribution in [0.15, 0.2) is 41.6 Å². The molecule has 1 aromatic heterocycles. The fraction of sp³-hybridized carbons (Fsp3) is 0.222. The zero-order valence-electron chi connectivity index (χ0n) is 13.0. The molecule has 3 aromatic rings. The van der Waals surface area contributed by atoms with Gasteiger partial charge in [0.05, 0.1) is 29.4 Å². The second-order valence-corrected chi connectivity index (χ2v) is 6.79. The van der Waals surface area contributed by atoms with Gasteiger partial charge in [0.2, 0.25) is 0 Å². The van der Waals surface area contributed by atoms with E-state index >= 15 is 0 Å². The second-order valence-electron chi connectivity index (χ2n) is 5.44. The Kier molecular flexibility index (Phi) is 4.61. The van der Waals surface area contributed by atoms with E-state index in [2.05, 4.69) is 36.6 Å². The number of fused-ring (bicyclic) bond motifs is 1. The molecule has 0 bridgehead atoms. The van der Waals surface area contributed by atoms with Crippen molar-refractivity contribution in [3.8, 4) is 6.07 Å². The minimum atomic E-state index is 0.379. The molecule has 0 saturated heterocycles. The lowest BCUT2D eigenvalue weighted by atomic mass is 10.1. The van der Waals surface area contributed by atoms with E-state index in [0.717, 1.165) is 26.8 Å². The SMILES string of the molecule is Cc1cc2nc(SCC#N)n(Cc3ccccc3Cl)c2cc1C. The molecule has 0 aliphatic rings. The first-order valence-corrected chi connectivity index (χ1v) is 8.67. The Morgan fingerprint density at radius 1 is 1.22 bits per heavy atom. The van der Waals surface area contributed by atoms with Crippen molar-refractivity contribution < 1.29 is 0 Å². The van der Waals surface area contributed by atoms with Crippen LogP contribution in [-0.4, -0.2) is 15.3 Å². The number of nitrogens with zero attached hydrogens (tertiary/aromatic N) is 3. The predicted molar refractivity (Wildman–Crippen MR) is 96.1 cm³/mol. The highest BCUT2D eigenvalue weighted by atomic mass is 35.5. The van der Waals surface area contributed by atoms with Crippen LogP contribution in [0.3, 0.4) is 0 Å². The van der Waals surface area contributed by atoms with Crippen molar-refractivity contribution in [2.75, 3.05) is 5.75 Å². The van der Waals surface area contributed by atoms with Crippen molar-refractivity contribution >= 4 is 34.4 Å². The van der Waals surface area contributed by atoms with E-state index in [1.54, 1.807) is 0 Å². The summed E-state index contributed by atoms with van der Waals surface area (Å²) in [5, 5.41) is 10.5. The molecule has 3 nitrogen and oxygen atoms in total. The molecule has 0 radical (unpaired) electrons. The van der Waals surface area contributed by atoms with E-state index in [1.165, 1.54) is 22.9 Å². The molecule has 0 atom stereocenters. The van der Waals surface area contributed by atoms with E-state index in [-0.39, 0.29) is 0 Å². The molecule has 0 spiro atoms. The van der Waals surface area contributed by atoms with Crippen molar-refractivity contribution in [3.63, 3.8) is 0 Å². The molecule has 0 amide bonds. The van der Waals surface area contributed by atoms with Crippen LogP contribution in [-0.2, 0) is 6.54 Å². The van der Waals surface area contributed by atoms with Crippen LogP contribution in [0.4, 0.5) is 0 Å². The summed E-state index contributed by atoms with van der Waals surface area (Å²) in [7, 11) is 0. The Morgan fingerprint density at radius 2 is 1.96 bits per heavy atom. The van der Waals surface area contributed by atoms with Crippen LogP contribution in [0.2, 0.25) is 5.02 Å². The minimum Gasteiger partial charge on any atom is -0.314 e. The lowest BCUT2D eigenvalue weighted by Gasteiger charge is -2.10.